The molecular formula is C35H40BN4O2. The fraction of sp³-hybridized carbons (Fsp3) is 0.371. The molecule has 1 saturated heterocycles. The summed E-state index contributed by atoms with van der Waals surface area (Å²) in [7, 11) is 1.58. The molecule has 6 rings (SSSR count). The molecule has 1 aliphatic carbocycles. The number of hydrogen-bond donors (Lipinski definition) is 1. The second-order valence-corrected chi connectivity index (χ2v) is 12.6. The number of piperazine rings is 1. The molecule has 1 fully saturated rings. The number of anilines is 1. The zero-order chi connectivity index (χ0) is 29.3. The largest absolute Gasteiger partial charge is 0.455 e. The van der Waals surface area contributed by atoms with Crippen molar-refractivity contribution in [2.75, 3.05) is 37.6 Å². The first-order chi connectivity index (χ1) is 20.3. The van der Waals surface area contributed by atoms with Crippen molar-refractivity contribution in [2.45, 2.75) is 46.9 Å². The summed E-state index contributed by atoms with van der Waals surface area (Å²) in [6.07, 6.45) is 7.11. The topological polar surface area (TPSA) is 61.5 Å². The number of nitrogens with one attached hydrogen (secondary N) is 1. The summed E-state index contributed by atoms with van der Waals surface area (Å²) in [5, 5.41) is 0.969. The van der Waals surface area contributed by atoms with Crippen LogP contribution in [0.4, 0.5) is 5.69 Å². The number of aromatic nitrogens is 2. The Morgan fingerprint density at radius 1 is 1.05 bits per heavy atom. The summed E-state index contributed by atoms with van der Waals surface area (Å²) in [5.41, 5.74) is 8.59. The minimum atomic E-state index is -0.0506. The van der Waals surface area contributed by atoms with Crippen LogP contribution in [0.3, 0.4) is 0 Å². The number of rotatable bonds is 8. The van der Waals surface area contributed by atoms with Crippen LogP contribution in [0.5, 0.6) is 11.5 Å². The number of benzene rings is 2. The first kappa shape index (κ1) is 28.3. The lowest BCUT2D eigenvalue weighted by Gasteiger charge is -2.39. The van der Waals surface area contributed by atoms with E-state index in [4.69, 9.17) is 4.74 Å². The number of nitrogens with zero attached hydrogens (tertiary/aromatic N) is 3. The molecule has 0 spiro atoms. The summed E-state index contributed by atoms with van der Waals surface area (Å²) in [6, 6.07) is 19.0. The van der Waals surface area contributed by atoms with Crippen molar-refractivity contribution in [3.05, 3.63) is 89.3 Å². The number of carbonyl (C=O) groups excluding carboxylic acids is 1. The van der Waals surface area contributed by atoms with E-state index in [9.17, 15) is 4.79 Å². The Morgan fingerprint density at radius 2 is 1.83 bits per heavy atom. The second-order valence-electron chi connectivity index (χ2n) is 12.6. The average Bonchev–Trinajstić information content (AvgIpc) is 3.46. The second kappa shape index (κ2) is 11.8. The number of fused-ring (bicyclic) bond motifs is 1. The summed E-state index contributed by atoms with van der Waals surface area (Å²) in [4.78, 5) is 25.3. The SMILES string of the molecule is C[B]C(=O)c1ccc(N2CCN(CC3=C(c4ccc(C)cc4)CC(C)(C)CC3)CC2)cc1Oc1cnc2[nH]ccc2c1. The lowest BCUT2D eigenvalue weighted by molar-refractivity contribution is 0.107. The van der Waals surface area contributed by atoms with E-state index >= 15 is 0 Å². The molecule has 2 aromatic heterocycles. The van der Waals surface area contributed by atoms with Crippen molar-refractivity contribution in [3.8, 4) is 11.5 Å². The van der Waals surface area contributed by atoms with Crippen LogP contribution in [0.25, 0.3) is 16.6 Å². The summed E-state index contributed by atoms with van der Waals surface area (Å²) in [5.74, 6) is 1.18. The van der Waals surface area contributed by atoms with Crippen LogP contribution >= 0.6 is 0 Å². The predicted octanol–water partition coefficient (Wildman–Crippen LogP) is 7.34. The number of H-pyrrole nitrogens is 1. The van der Waals surface area contributed by atoms with E-state index in [1.807, 2.05) is 36.5 Å². The number of aryl methyl sites for hydroxylation is 1. The lowest BCUT2D eigenvalue weighted by atomic mass is 9.72. The Hall–Kier alpha value is -3.84. The van der Waals surface area contributed by atoms with Crippen molar-refractivity contribution in [3.63, 3.8) is 0 Å². The quantitative estimate of drug-likeness (QED) is 0.229. The average molecular weight is 560 g/mol. The Labute approximate surface area is 250 Å². The van der Waals surface area contributed by atoms with Gasteiger partial charge in [-0.1, -0.05) is 56.1 Å². The van der Waals surface area contributed by atoms with Gasteiger partial charge in [0.2, 0.25) is 7.28 Å². The first-order valence-electron chi connectivity index (χ1n) is 15.1. The minimum Gasteiger partial charge on any atom is -0.455 e. The molecule has 1 N–H and O–H groups in total. The van der Waals surface area contributed by atoms with Gasteiger partial charge in [0, 0.05) is 61.6 Å². The van der Waals surface area contributed by atoms with Crippen LogP contribution < -0.4 is 9.64 Å². The third-order valence-corrected chi connectivity index (χ3v) is 8.83. The van der Waals surface area contributed by atoms with Gasteiger partial charge in [0.1, 0.15) is 22.8 Å². The molecule has 42 heavy (non-hydrogen) atoms. The third-order valence-electron chi connectivity index (χ3n) is 8.83. The van der Waals surface area contributed by atoms with Gasteiger partial charge in [-0.25, -0.2) is 4.98 Å². The molecule has 1 radical (unpaired) electrons. The standard InChI is InChI=1S/C35H40BN4O2/c1-24-5-7-25(8-6-24)31-21-35(2,3)13-11-27(31)23-39-15-17-40(18-16-39)28-9-10-30(33(41)36-4)32(20-28)42-29-19-26-12-14-37-34(26)38-22-29/h5-10,12,14,19-20,22H,11,13,15-18,21,23H2,1-4H3,(H,37,38). The molecule has 0 unspecified atom stereocenters. The van der Waals surface area contributed by atoms with E-state index in [1.54, 1.807) is 31.4 Å². The molecule has 0 amide bonds. The zero-order valence-corrected chi connectivity index (χ0v) is 25.2. The van der Waals surface area contributed by atoms with Gasteiger partial charge in [0.05, 0.1) is 6.20 Å². The molecule has 1 aliphatic heterocycles. The Bertz CT molecular complexity index is 1610. The van der Waals surface area contributed by atoms with Gasteiger partial charge in [-0.3, -0.25) is 4.90 Å². The van der Waals surface area contributed by atoms with E-state index in [0.29, 0.717) is 22.5 Å². The van der Waals surface area contributed by atoms with Crippen LogP contribution in [0.15, 0.2) is 72.6 Å². The normalized spacial score (nSPS) is 17.5. The van der Waals surface area contributed by atoms with Crippen molar-refractivity contribution in [1.29, 1.82) is 0 Å². The molecule has 215 valence electrons. The summed E-state index contributed by atoms with van der Waals surface area (Å²) >= 11 is 0. The molecular weight excluding hydrogens is 519 g/mol. The van der Waals surface area contributed by atoms with Crippen molar-refractivity contribution < 1.29 is 9.53 Å². The van der Waals surface area contributed by atoms with Gasteiger partial charge >= 0.3 is 0 Å². The molecule has 0 saturated carbocycles. The highest BCUT2D eigenvalue weighted by Crippen LogP contribution is 2.43. The van der Waals surface area contributed by atoms with Gasteiger partial charge in [-0.05, 0) is 67.0 Å². The third kappa shape index (κ3) is 6.17. The first-order valence-corrected chi connectivity index (χ1v) is 15.1. The fourth-order valence-corrected chi connectivity index (χ4v) is 6.26. The van der Waals surface area contributed by atoms with Crippen molar-refractivity contribution in [2.24, 2.45) is 5.41 Å². The van der Waals surface area contributed by atoms with Crippen LogP contribution in [0.2, 0.25) is 6.82 Å². The number of hydrogen-bond acceptors (Lipinski definition) is 5. The minimum absolute atomic E-state index is 0.0506. The van der Waals surface area contributed by atoms with Gasteiger partial charge in [-0.2, -0.15) is 0 Å². The maximum Gasteiger partial charge on any atom is 0.206 e. The number of pyridine rings is 1. The van der Waals surface area contributed by atoms with E-state index in [-0.39, 0.29) is 5.68 Å². The number of ether oxygens (including phenoxy) is 1. The molecule has 0 atom stereocenters. The molecule has 7 heteroatoms. The highest BCUT2D eigenvalue weighted by atomic mass is 16.5. The Kier molecular flexibility index (Phi) is 7.95. The summed E-state index contributed by atoms with van der Waals surface area (Å²) < 4.78 is 6.28. The molecule has 0 bridgehead atoms. The van der Waals surface area contributed by atoms with Gasteiger partial charge in [-0.15, -0.1) is 0 Å². The van der Waals surface area contributed by atoms with E-state index in [2.05, 4.69) is 64.8 Å². The Balaban J connectivity index is 1.18. The highest BCUT2D eigenvalue weighted by molar-refractivity contribution is 6.76. The molecule has 3 heterocycles. The lowest BCUT2D eigenvalue weighted by Crippen LogP contribution is -2.47. The zero-order valence-electron chi connectivity index (χ0n) is 25.2. The molecule has 6 nitrogen and oxygen atoms in total. The predicted molar refractivity (Wildman–Crippen MR) is 173 cm³/mol. The van der Waals surface area contributed by atoms with Gasteiger partial charge in [0.15, 0.2) is 0 Å². The molecule has 2 aliphatic rings. The maximum atomic E-state index is 12.7. The number of carbonyl (C=O) groups is 1. The summed E-state index contributed by atoms with van der Waals surface area (Å²) in [6.45, 7) is 13.6. The van der Waals surface area contributed by atoms with E-state index in [0.717, 1.165) is 55.9 Å². The Morgan fingerprint density at radius 3 is 2.60 bits per heavy atom. The van der Waals surface area contributed by atoms with Gasteiger partial charge in [0.25, 0.3) is 0 Å². The smallest absolute Gasteiger partial charge is 0.206 e. The maximum absolute atomic E-state index is 12.7. The van der Waals surface area contributed by atoms with Gasteiger partial charge < -0.3 is 19.4 Å². The molecule has 2 aromatic carbocycles. The van der Waals surface area contributed by atoms with Crippen molar-refractivity contribution >= 4 is 35.3 Å². The highest BCUT2D eigenvalue weighted by Gasteiger charge is 2.29. The monoisotopic (exact) mass is 559 g/mol. The van der Waals surface area contributed by atoms with E-state index in [1.165, 1.54) is 24.0 Å². The fourth-order valence-electron chi connectivity index (χ4n) is 6.26. The van der Waals surface area contributed by atoms with Crippen LogP contribution in [0, 0.1) is 12.3 Å². The number of allylic oxidation sites excluding steroid dienone is 1. The van der Waals surface area contributed by atoms with Crippen molar-refractivity contribution in [1.82, 2.24) is 14.9 Å². The van der Waals surface area contributed by atoms with Crippen LogP contribution in [0.1, 0.15) is 54.6 Å². The van der Waals surface area contributed by atoms with Crippen LogP contribution in [-0.4, -0.2) is 60.6 Å². The van der Waals surface area contributed by atoms with E-state index < -0.39 is 0 Å². The number of aromatic amines is 1. The molecule has 4 aromatic rings. The van der Waals surface area contributed by atoms with Crippen LogP contribution in [-0.2, 0) is 0 Å².